The van der Waals surface area contributed by atoms with Crippen LogP contribution in [0.25, 0.3) is 10.9 Å². The van der Waals surface area contributed by atoms with Crippen molar-refractivity contribution in [1.29, 1.82) is 0 Å². The Labute approximate surface area is 140 Å². The second-order valence-electron chi connectivity index (χ2n) is 5.01. The van der Waals surface area contributed by atoms with Gasteiger partial charge in [-0.25, -0.2) is 4.98 Å². The number of nitrogens with one attached hydrogen (secondary N) is 2. The number of primary amides is 1. The number of amides is 1. The Balaban J connectivity index is 1.87. The maximum atomic E-state index is 12.1. The van der Waals surface area contributed by atoms with Gasteiger partial charge in [0.25, 0.3) is 11.5 Å². The van der Waals surface area contributed by atoms with Gasteiger partial charge in [0.2, 0.25) is 0 Å². The number of pyridine rings is 1. The minimum atomic E-state index is -0.508. The zero-order valence-electron chi connectivity index (χ0n) is 12.1. The van der Waals surface area contributed by atoms with Crippen molar-refractivity contribution in [1.82, 2.24) is 9.97 Å². The molecule has 0 spiro atoms. The molecule has 0 aliphatic heterocycles. The molecule has 6 nitrogen and oxygen atoms in total. The van der Waals surface area contributed by atoms with E-state index in [0.29, 0.717) is 26.3 Å². The molecule has 0 aliphatic rings. The van der Waals surface area contributed by atoms with E-state index >= 15 is 0 Å². The number of aryl methyl sites for hydroxylation is 1. The number of hydrogen-bond donors (Lipinski definition) is 3. The number of carbonyl (C=O) groups excluding carboxylic acids is 1. The van der Waals surface area contributed by atoms with Crippen LogP contribution in [0.1, 0.15) is 20.9 Å². The third kappa shape index (κ3) is 3.20. The average molecular weight is 349 g/mol. The Morgan fingerprint density at radius 2 is 2.22 bits per heavy atom. The molecular weight excluding hydrogens is 336 g/mol. The van der Waals surface area contributed by atoms with Crippen LogP contribution in [0.15, 0.2) is 29.1 Å². The number of anilines is 1. The number of aromatic nitrogens is 2. The Morgan fingerprint density at radius 1 is 1.43 bits per heavy atom. The van der Waals surface area contributed by atoms with Crippen LogP contribution in [0, 0.1) is 6.92 Å². The Kier molecular flexibility index (Phi) is 4.06. The molecule has 0 radical (unpaired) electrons. The molecule has 0 saturated carbocycles. The number of nitrogens with zero attached hydrogens (tertiary/aromatic N) is 1. The summed E-state index contributed by atoms with van der Waals surface area (Å²) in [6, 6.07) is 7.05. The number of rotatable bonds is 4. The van der Waals surface area contributed by atoms with Crippen molar-refractivity contribution in [3.8, 4) is 0 Å². The van der Waals surface area contributed by atoms with Crippen molar-refractivity contribution in [3.05, 3.63) is 55.8 Å². The first-order valence-corrected chi connectivity index (χ1v) is 7.96. The van der Waals surface area contributed by atoms with Gasteiger partial charge in [-0.05, 0) is 31.2 Å². The molecule has 0 bridgehead atoms. The van der Waals surface area contributed by atoms with Crippen molar-refractivity contribution >= 4 is 44.9 Å². The fraction of sp³-hybridized carbons (Fsp3) is 0.133. The molecule has 3 rings (SSSR count). The normalized spacial score (nSPS) is 10.9. The number of hydrogen-bond acceptors (Lipinski definition) is 5. The van der Waals surface area contributed by atoms with Crippen LogP contribution < -0.4 is 16.6 Å². The van der Waals surface area contributed by atoms with Crippen molar-refractivity contribution in [2.75, 3.05) is 5.32 Å². The largest absolute Gasteiger partial charge is 0.365 e. The molecule has 118 valence electrons. The summed E-state index contributed by atoms with van der Waals surface area (Å²) < 4.78 is 0. The Bertz CT molecular complexity index is 964. The van der Waals surface area contributed by atoms with E-state index in [1.807, 2.05) is 0 Å². The summed E-state index contributed by atoms with van der Waals surface area (Å²) in [6.45, 7) is 2.00. The number of aromatic amines is 1. The van der Waals surface area contributed by atoms with Gasteiger partial charge in [-0.1, -0.05) is 22.9 Å². The summed E-state index contributed by atoms with van der Waals surface area (Å²) in [5, 5.41) is 5.04. The van der Waals surface area contributed by atoms with Crippen molar-refractivity contribution in [2.24, 2.45) is 5.73 Å². The number of thiazole rings is 1. The fourth-order valence-electron chi connectivity index (χ4n) is 2.23. The van der Waals surface area contributed by atoms with Crippen molar-refractivity contribution in [2.45, 2.75) is 13.5 Å². The van der Waals surface area contributed by atoms with Crippen LogP contribution in [0.5, 0.6) is 0 Å². The molecule has 0 atom stereocenters. The van der Waals surface area contributed by atoms with Crippen molar-refractivity contribution < 1.29 is 4.79 Å². The lowest BCUT2D eigenvalue weighted by atomic mass is 10.1. The van der Waals surface area contributed by atoms with Gasteiger partial charge in [-0.15, -0.1) is 0 Å². The van der Waals surface area contributed by atoms with Crippen LogP contribution >= 0.6 is 22.9 Å². The van der Waals surface area contributed by atoms with Crippen LogP contribution in [0.2, 0.25) is 5.02 Å². The molecule has 8 heteroatoms. The highest BCUT2D eigenvalue weighted by atomic mass is 35.5. The van der Waals surface area contributed by atoms with Gasteiger partial charge in [-0.3, -0.25) is 9.59 Å². The molecule has 0 fully saturated rings. The van der Waals surface area contributed by atoms with E-state index in [1.165, 1.54) is 11.3 Å². The smallest absolute Gasteiger partial charge is 0.260 e. The molecule has 1 amide bonds. The molecule has 0 aliphatic carbocycles. The minimum Gasteiger partial charge on any atom is -0.365 e. The quantitative estimate of drug-likeness (QED) is 0.674. The number of H-pyrrole nitrogens is 1. The van der Waals surface area contributed by atoms with E-state index in [1.54, 1.807) is 31.2 Å². The van der Waals surface area contributed by atoms with E-state index < -0.39 is 5.91 Å². The van der Waals surface area contributed by atoms with E-state index in [9.17, 15) is 9.59 Å². The summed E-state index contributed by atoms with van der Waals surface area (Å²) in [7, 11) is 0. The fourth-order valence-corrected chi connectivity index (χ4v) is 3.22. The Morgan fingerprint density at radius 3 is 2.91 bits per heavy atom. The van der Waals surface area contributed by atoms with Crippen molar-refractivity contribution in [3.63, 3.8) is 0 Å². The molecule has 2 aromatic heterocycles. The number of carbonyl (C=O) groups is 1. The molecule has 0 unspecified atom stereocenters. The monoisotopic (exact) mass is 348 g/mol. The van der Waals surface area contributed by atoms with Crippen LogP contribution in [-0.2, 0) is 6.54 Å². The maximum absolute atomic E-state index is 12.1. The highest BCUT2D eigenvalue weighted by Crippen LogP contribution is 2.23. The standard InChI is InChI=1S/C15H13ClN4O2S/c1-7-12(13(17)21)23-15(19-7)18-6-9-4-8-5-10(16)2-3-11(8)20-14(9)22/h2-5H,6H2,1H3,(H2,17,21)(H,18,19)(H,20,22). The zero-order valence-corrected chi connectivity index (χ0v) is 13.7. The molecule has 2 heterocycles. The van der Waals surface area contributed by atoms with Gasteiger partial charge in [0.1, 0.15) is 4.88 Å². The van der Waals surface area contributed by atoms with E-state index in [-0.39, 0.29) is 12.1 Å². The molecule has 3 aromatic rings. The second-order valence-corrected chi connectivity index (χ2v) is 6.44. The average Bonchev–Trinajstić information content (AvgIpc) is 2.87. The lowest BCUT2D eigenvalue weighted by molar-refractivity contribution is 0.100. The molecule has 1 aromatic carbocycles. The molecular formula is C15H13ClN4O2S. The summed E-state index contributed by atoms with van der Waals surface area (Å²) in [6.07, 6.45) is 0. The predicted octanol–water partition coefficient (Wildman–Crippen LogP) is 2.66. The van der Waals surface area contributed by atoms with Gasteiger partial charge in [0.05, 0.1) is 5.69 Å². The van der Waals surface area contributed by atoms with Gasteiger partial charge >= 0.3 is 0 Å². The first-order valence-electron chi connectivity index (χ1n) is 6.76. The van der Waals surface area contributed by atoms with E-state index in [2.05, 4.69) is 15.3 Å². The molecule has 0 saturated heterocycles. The maximum Gasteiger partial charge on any atom is 0.260 e. The summed E-state index contributed by atoms with van der Waals surface area (Å²) in [5.41, 5.74) is 6.94. The lowest BCUT2D eigenvalue weighted by Gasteiger charge is -2.05. The number of halogens is 1. The Hall–Kier alpha value is -2.38. The first kappa shape index (κ1) is 15.5. The van der Waals surface area contributed by atoms with Gasteiger partial charge < -0.3 is 16.0 Å². The number of benzene rings is 1. The summed E-state index contributed by atoms with van der Waals surface area (Å²) in [5.74, 6) is -0.508. The number of fused-ring (bicyclic) bond motifs is 1. The highest BCUT2D eigenvalue weighted by Gasteiger charge is 2.12. The van der Waals surface area contributed by atoms with E-state index in [4.69, 9.17) is 17.3 Å². The van der Waals surface area contributed by atoms with Crippen LogP contribution in [-0.4, -0.2) is 15.9 Å². The first-order chi connectivity index (χ1) is 10.9. The van der Waals surface area contributed by atoms with Gasteiger partial charge in [-0.2, -0.15) is 0 Å². The highest BCUT2D eigenvalue weighted by molar-refractivity contribution is 7.17. The lowest BCUT2D eigenvalue weighted by Crippen LogP contribution is -2.15. The third-order valence-corrected chi connectivity index (χ3v) is 4.70. The SMILES string of the molecule is Cc1nc(NCc2cc3cc(Cl)ccc3[nH]c2=O)sc1C(N)=O. The summed E-state index contributed by atoms with van der Waals surface area (Å²) >= 11 is 7.14. The van der Waals surface area contributed by atoms with E-state index in [0.717, 1.165) is 10.9 Å². The number of nitrogens with two attached hydrogens (primary N) is 1. The zero-order chi connectivity index (χ0) is 16.6. The third-order valence-electron chi connectivity index (χ3n) is 3.33. The van der Waals surface area contributed by atoms with Crippen LogP contribution in [0.3, 0.4) is 0 Å². The second kappa shape index (κ2) is 6.02. The van der Waals surface area contributed by atoms with Crippen LogP contribution in [0.4, 0.5) is 5.13 Å². The molecule has 23 heavy (non-hydrogen) atoms. The van der Waals surface area contributed by atoms with Gasteiger partial charge in [0, 0.05) is 28.0 Å². The topological polar surface area (TPSA) is 101 Å². The summed E-state index contributed by atoms with van der Waals surface area (Å²) in [4.78, 5) is 30.8. The predicted molar refractivity (Wildman–Crippen MR) is 92.3 cm³/mol. The van der Waals surface area contributed by atoms with Gasteiger partial charge in [0.15, 0.2) is 5.13 Å². The molecule has 4 N–H and O–H groups in total. The minimum absolute atomic E-state index is 0.185.